The van der Waals surface area contributed by atoms with Crippen molar-refractivity contribution in [3.8, 4) is 0 Å². The number of rotatable bonds is 5. The van der Waals surface area contributed by atoms with E-state index in [4.69, 9.17) is 18.9 Å². The lowest BCUT2D eigenvalue weighted by atomic mass is 9.84. The molecule has 2 unspecified atom stereocenters. The van der Waals surface area contributed by atoms with Gasteiger partial charge in [0.15, 0.2) is 5.54 Å². The number of ether oxygens (including phenoxy) is 4. The molecule has 34 heavy (non-hydrogen) atoms. The molecule has 2 heterocycles. The number of hydrogen-bond acceptors (Lipinski definition) is 7. The SMILES string of the molecule is COC(=O)C12CCC(C[C@H]1OC(=O)[C@@](OC)(c1ccccc1)C(F)(F)F)N2C(=O)OC(C)(C)C. The van der Waals surface area contributed by atoms with Crippen molar-refractivity contribution in [2.45, 2.75) is 75.1 Å². The van der Waals surface area contributed by atoms with E-state index < -0.39 is 58.7 Å². The number of fused-ring (bicyclic) bond motifs is 2. The van der Waals surface area contributed by atoms with Gasteiger partial charge in [0.2, 0.25) is 0 Å². The van der Waals surface area contributed by atoms with Gasteiger partial charge in [-0.3, -0.25) is 4.90 Å². The van der Waals surface area contributed by atoms with E-state index in [1.165, 1.54) is 18.2 Å². The number of carbonyl (C=O) groups excluding carboxylic acids is 3. The van der Waals surface area contributed by atoms with E-state index in [0.717, 1.165) is 31.3 Å². The van der Waals surface area contributed by atoms with Gasteiger partial charge in [0, 0.05) is 25.1 Å². The Morgan fingerprint density at radius 3 is 2.18 bits per heavy atom. The van der Waals surface area contributed by atoms with Gasteiger partial charge >= 0.3 is 24.2 Å². The van der Waals surface area contributed by atoms with Crippen molar-refractivity contribution in [2.24, 2.45) is 0 Å². The first-order valence-electron chi connectivity index (χ1n) is 10.7. The third-order valence-corrected chi connectivity index (χ3v) is 6.22. The average molecular weight is 487 g/mol. The number of alkyl halides is 3. The molecule has 3 rings (SSSR count). The van der Waals surface area contributed by atoms with Crippen LogP contribution < -0.4 is 0 Å². The first-order chi connectivity index (χ1) is 15.7. The predicted molar refractivity (Wildman–Crippen MR) is 112 cm³/mol. The molecule has 4 atom stereocenters. The highest BCUT2D eigenvalue weighted by Crippen LogP contribution is 2.51. The third kappa shape index (κ3) is 3.99. The zero-order chi connectivity index (χ0) is 25.5. The van der Waals surface area contributed by atoms with Crippen molar-refractivity contribution in [1.82, 2.24) is 4.90 Å². The van der Waals surface area contributed by atoms with Gasteiger partial charge in [-0.25, -0.2) is 14.4 Å². The molecule has 0 spiro atoms. The Labute approximate surface area is 195 Å². The summed E-state index contributed by atoms with van der Waals surface area (Å²) in [6.07, 6.45) is -7.04. The monoisotopic (exact) mass is 487 g/mol. The maximum absolute atomic E-state index is 14.3. The fraction of sp³-hybridized carbons (Fsp3) is 0.609. The minimum atomic E-state index is -5.18. The van der Waals surface area contributed by atoms with Crippen LogP contribution in [-0.2, 0) is 34.1 Å². The first kappa shape index (κ1) is 25.8. The summed E-state index contributed by atoms with van der Waals surface area (Å²) >= 11 is 0. The van der Waals surface area contributed by atoms with Crippen LogP contribution in [0.4, 0.5) is 18.0 Å². The minimum Gasteiger partial charge on any atom is -0.467 e. The molecule has 2 saturated heterocycles. The highest BCUT2D eigenvalue weighted by Gasteiger charge is 2.70. The number of nitrogens with zero attached hydrogens (tertiary/aromatic N) is 1. The number of methoxy groups -OCH3 is 2. The van der Waals surface area contributed by atoms with Gasteiger partial charge < -0.3 is 18.9 Å². The molecule has 1 aromatic rings. The molecule has 2 aliphatic heterocycles. The van der Waals surface area contributed by atoms with E-state index in [0.29, 0.717) is 6.42 Å². The molecule has 1 aromatic carbocycles. The molecular weight excluding hydrogens is 459 g/mol. The fourth-order valence-electron chi connectivity index (χ4n) is 4.82. The number of hydrogen-bond donors (Lipinski definition) is 0. The van der Waals surface area contributed by atoms with Crippen molar-refractivity contribution in [2.75, 3.05) is 14.2 Å². The second-order valence-electron chi connectivity index (χ2n) is 9.34. The van der Waals surface area contributed by atoms with E-state index in [1.54, 1.807) is 20.8 Å². The molecule has 2 bridgehead atoms. The van der Waals surface area contributed by atoms with E-state index in [-0.39, 0.29) is 12.8 Å². The maximum Gasteiger partial charge on any atom is 0.432 e. The first-order valence-corrected chi connectivity index (χ1v) is 10.7. The number of halogens is 3. The zero-order valence-electron chi connectivity index (χ0n) is 19.6. The summed E-state index contributed by atoms with van der Waals surface area (Å²) in [7, 11) is 1.85. The van der Waals surface area contributed by atoms with Crippen molar-refractivity contribution < 1.29 is 46.5 Å². The van der Waals surface area contributed by atoms with Crippen LogP contribution in [0.25, 0.3) is 0 Å². The number of esters is 2. The lowest BCUT2D eigenvalue weighted by Gasteiger charge is -2.38. The lowest BCUT2D eigenvalue weighted by molar-refractivity contribution is -0.279. The smallest absolute Gasteiger partial charge is 0.432 e. The van der Waals surface area contributed by atoms with Gasteiger partial charge in [0.05, 0.1) is 7.11 Å². The predicted octanol–water partition coefficient (Wildman–Crippen LogP) is 3.72. The van der Waals surface area contributed by atoms with Crippen molar-refractivity contribution in [1.29, 1.82) is 0 Å². The van der Waals surface area contributed by atoms with Gasteiger partial charge in [-0.2, -0.15) is 13.2 Å². The molecule has 0 aliphatic carbocycles. The van der Waals surface area contributed by atoms with Gasteiger partial charge in [-0.15, -0.1) is 0 Å². The minimum absolute atomic E-state index is 0.0405. The summed E-state index contributed by atoms with van der Waals surface area (Å²) in [6.45, 7) is 4.92. The summed E-state index contributed by atoms with van der Waals surface area (Å²) in [4.78, 5) is 40.2. The average Bonchev–Trinajstić information content (AvgIpc) is 3.26. The number of carbonyl (C=O) groups is 3. The van der Waals surface area contributed by atoms with Crippen LogP contribution in [0.3, 0.4) is 0 Å². The van der Waals surface area contributed by atoms with E-state index in [1.807, 2.05) is 0 Å². The molecule has 0 N–H and O–H groups in total. The van der Waals surface area contributed by atoms with Crippen LogP contribution in [0.1, 0.15) is 45.6 Å². The quantitative estimate of drug-likeness (QED) is 0.462. The van der Waals surface area contributed by atoms with Gasteiger partial charge in [-0.05, 0) is 33.6 Å². The van der Waals surface area contributed by atoms with Gasteiger partial charge in [0.25, 0.3) is 5.60 Å². The molecule has 0 aromatic heterocycles. The molecule has 188 valence electrons. The summed E-state index contributed by atoms with van der Waals surface area (Å²) in [5, 5.41) is 0. The van der Waals surface area contributed by atoms with Crippen LogP contribution in [-0.4, -0.2) is 66.6 Å². The molecule has 8 nitrogen and oxygen atoms in total. The van der Waals surface area contributed by atoms with E-state index in [9.17, 15) is 27.6 Å². The Hall–Kier alpha value is -2.82. The Morgan fingerprint density at radius 1 is 1.06 bits per heavy atom. The summed E-state index contributed by atoms with van der Waals surface area (Å²) < 4.78 is 63.3. The van der Waals surface area contributed by atoms with Crippen LogP contribution >= 0.6 is 0 Å². The van der Waals surface area contributed by atoms with E-state index >= 15 is 0 Å². The molecule has 2 aliphatic rings. The summed E-state index contributed by atoms with van der Waals surface area (Å²) in [5.74, 6) is -2.63. The van der Waals surface area contributed by atoms with E-state index in [2.05, 4.69) is 0 Å². The van der Waals surface area contributed by atoms with Crippen LogP contribution in [0.15, 0.2) is 30.3 Å². The Balaban J connectivity index is 2.01. The lowest BCUT2D eigenvalue weighted by Crippen LogP contribution is -2.60. The molecule has 0 radical (unpaired) electrons. The Morgan fingerprint density at radius 2 is 1.68 bits per heavy atom. The molecular formula is C23H28F3NO7. The van der Waals surface area contributed by atoms with Gasteiger partial charge in [-0.1, -0.05) is 30.3 Å². The van der Waals surface area contributed by atoms with Crippen LogP contribution in [0, 0.1) is 0 Å². The summed E-state index contributed by atoms with van der Waals surface area (Å²) in [6, 6.07) is 5.78. The molecule has 0 saturated carbocycles. The molecule has 2 fully saturated rings. The second-order valence-corrected chi connectivity index (χ2v) is 9.34. The largest absolute Gasteiger partial charge is 0.467 e. The highest BCUT2D eigenvalue weighted by molar-refractivity contribution is 5.90. The zero-order valence-corrected chi connectivity index (χ0v) is 19.6. The normalized spacial score (nSPS) is 26.1. The van der Waals surface area contributed by atoms with Crippen LogP contribution in [0.2, 0.25) is 0 Å². The highest BCUT2D eigenvalue weighted by atomic mass is 19.4. The number of benzene rings is 1. The second kappa shape index (κ2) is 8.75. The van der Waals surface area contributed by atoms with Crippen molar-refractivity contribution in [3.05, 3.63) is 35.9 Å². The molecule has 11 heteroatoms. The molecule has 1 amide bonds. The fourth-order valence-corrected chi connectivity index (χ4v) is 4.82. The Bertz CT molecular complexity index is 946. The van der Waals surface area contributed by atoms with Gasteiger partial charge in [0.1, 0.15) is 11.7 Å². The topological polar surface area (TPSA) is 91.4 Å². The van der Waals surface area contributed by atoms with Crippen molar-refractivity contribution in [3.63, 3.8) is 0 Å². The standard InChI is InChI=1S/C23H28F3NO7/c1-20(2,3)34-19(30)27-15-11-12-21(27,17(28)31-4)16(13-15)33-18(29)22(32-5,23(24,25)26)14-9-7-6-8-10-14/h6-10,15-16H,11-13H2,1-5H3/t15?,16-,21?,22+/m1/s1. The third-order valence-electron chi connectivity index (χ3n) is 6.22. The summed E-state index contributed by atoms with van der Waals surface area (Å²) in [5.41, 5.74) is -6.60. The number of amides is 1. The van der Waals surface area contributed by atoms with Crippen molar-refractivity contribution >= 4 is 18.0 Å². The maximum atomic E-state index is 14.3. The Kier molecular flexibility index (Phi) is 6.64. The van der Waals surface area contributed by atoms with Crippen LogP contribution in [0.5, 0.6) is 0 Å².